The molecule has 0 radical (unpaired) electrons. The minimum Gasteiger partial charge on any atom is -0.391 e. The van der Waals surface area contributed by atoms with E-state index in [0.29, 0.717) is 19.2 Å². The number of halogens is 2. The summed E-state index contributed by atoms with van der Waals surface area (Å²) in [6.45, 7) is 1.25. The zero-order chi connectivity index (χ0) is 14.7. The number of nitrogens with one attached hydrogen (secondary N) is 2. The number of aliphatic hydroxyl groups excluding tert-OH is 1. The fourth-order valence-corrected chi connectivity index (χ4v) is 2.05. The third-order valence-electron chi connectivity index (χ3n) is 3.24. The number of hydrogen-bond donors (Lipinski definition) is 3. The average Bonchev–Trinajstić information content (AvgIpc) is 2.81. The monoisotopic (exact) mass is 319 g/mol. The van der Waals surface area contributed by atoms with E-state index in [1.54, 1.807) is 0 Å². The predicted octanol–water partition coefficient (Wildman–Crippen LogP) is 0.466. The summed E-state index contributed by atoms with van der Waals surface area (Å²) in [4.78, 5) is 21.5. The summed E-state index contributed by atoms with van der Waals surface area (Å²) in [5, 5.41) is 25.5. The number of β-amino-alcohol motifs (C(OH)–C–C–N with tert-alkyl or cyclic N) is 1. The molecule has 2 atom stereocenters. The third-order valence-corrected chi connectivity index (χ3v) is 3.24. The molecule has 1 heterocycles. The van der Waals surface area contributed by atoms with Gasteiger partial charge in [0.1, 0.15) is 5.82 Å². The second-order valence-electron chi connectivity index (χ2n) is 4.62. The highest BCUT2D eigenvalue weighted by atomic mass is 35.5. The highest BCUT2D eigenvalue weighted by molar-refractivity contribution is 5.94. The molecule has 0 saturated carbocycles. The van der Waals surface area contributed by atoms with Gasteiger partial charge in [-0.05, 0) is 6.07 Å². The number of amides is 1. The number of nitrogens with zero attached hydrogens (tertiary/aromatic N) is 1. The Morgan fingerprint density at radius 2 is 2.24 bits per heavy atom. The molecule has 0 aliphatic carbocycles. The summed E-state index contributed by atoms with van der Waals surface area (Å²) in [5.74, 6) is -1.72. The van der Waals surface area contributed by atoms with Crippen molar-refractivity contribution in [2.45, 2.75) is 6.10 Å². The Kier molecular flexibility index (Phi) is 6.01. The summed E-state index contributed by atoms with van der Waals surface area (Å²) in [6.07, 6.45) is -0.544. The Bertz CT molecular complexity index is 543. The maximum absolute atomic E-state index is 13.6. The van der Waals surface area contributed by atoms with Gasteiger partial charge < -0.3 is 15.7 Å². The summed E-state index contributed by atoms with van der Waals surface area (Å²) in [5.41, 5.74) is -0.662. The van der Waals surface area contributed by atoms with Crippen LogP contribution in [0.3, 0.4) is 0 Å². The lowest BCUT2D eigenvalue weighted by Crippen LogP contribution is -2.34. The van der Waals surface area contributed by atoms with E-state index in [4.69, 9.17) is 0 Å². The SMILES string of the molecule is Cl.O=C(NCC1CNCC1O)c1ccc([N+](=O)[O-])cc1F. The molecule has 116 valence electrons. The van der Waals surface area contributed by atoms with Gasteiger partial charge in [-0.15, -0.1) is 12.4 Å². The number of nitro benzene ring substituents is 1. The van der Waals surface area contributed by atoms with E-state index in [0.717, 1.165) is 12.1 Å². The van der Waals surface area contributed by atoms with Crippen LogP contribution in [0.2, 0.25) is 0 Å². The van der Waals surface area contributed by atoms with Crippen LogP contribution in [0.1, 0.15) is 10.4 Å². The zero-order valence-electron chi connectivity index (χ0n) is 10.9. The number of non-ortho nitro benzene ring substituents is 1. The number of nitro groups is 1. The Morgan fingerprint density at radius 3 is 2.76 bits per heavy atom. The third kappa shape index (κ3) is 4.10. The van der Waals surface area contributed by atoms with Crippen molar-refractivity contribution >= 4 is 24.0 Å². The van der Waals surface area contributed by atoms with Crippen molar-refractivity contribution in [1.29, 1.82) is 0 Å². The number of hydrogen-bond acceptors (Lipinski definition) is 5. The zero-order valence-corrected chi connectivity index (χ0v) is 11.7. The molecule has 1 amide bonds. The van der Waals surface area contributed by atoms with E-state index in [2.05, 4.69) is 10.6 Å². The van der Waals surface area contributed by atoms with Crippen molar-refractivity contribution in [1.82, 2.24) is 10.6 Å². The molecule has 21 heavy (non-hydrogen) atoms. The molecule has 3 N–H and O–H groups in total. The first kappa shape index (κ1) is 17.3. The molecule has 2 unspecified atom stereocenters. The van der Waals surface area contributed by atoms with Gasteiger partial charge in [-0.3, -0.25) is 14.9 Å². The first-order chi connectivity index (χ1) is 9.49. The minimum absolute atomic E-state index is 0. The van der Waals surface area contributed by atoms with E-state index in [1.807, 2.05) is 0 Å². The van der Waals surface area contributed by atoms with Crippen molar-refractivity contribution in [3.05, 3.63) is 39.7 Å². The summed E-state index contributed by atoms with van der Waals surface area (Å²) >= 11 is 0. The Hall–Kier alpha value is -1.77. The van der Waals surface area contributed by atoms with Crippen LogP contribution in [0.15, 0.2) is 18.2 Å². The molecule has 0 aromatic heterocycles. The Balaban J connectivity index is 0.00000220. The van der Waals surface area contributed by atoms with E-state index in [1.165, 1.54) is 0 Å². The van der Waals surface area contributed by atoms with Gasteiger partial charge in [-0.1, -0.05) is 0 Å². The van der Waals surface area contributed by atoms with Crippen molar-refractivity contribution < 1.29 is 19.2 Å². The molecular weight excluding hydrogens is 305 g/mol. The molecule has 1 saturated heterocycles. The molecule has 1 fully saturated rings. The van der Waals surface area contributed by atoms with E-state index in [-0.39, 0.29) is 30.4 Å². The number of aliphatic hydroxyl groups is 1. The predicted molar refractivity (Wildman–Crippen MR) is 75.0 cm³/mol. The quantitative estimate of drug-likeness (QED) is 0.552. The number of benzene rings is 1. The average molecular weight is 320 g/mol. The smallest absolute Gasteiger partial charge is 0.272 e. The van der Waals surface area contributed by atoms with Gasteiger partial charge in [0.25, 0.3) is 11.6 Å². The van der Waals surface area contributed by atoms with Crippen LogP contribution < -0.4 is 10.6 Å². The van der Waals surface area contributed by atoms with Crippen molar-refractivity contribution in [2.24, 2.45) is 5.92 Å². The second kappa shape index (κ2) is 7.30. The fourth-order valence-electron chi connectivity index (χ4n) is 2.05. The van der Waals surface area contributed by atoms with E-state index < -0.39 is 28.4 Å². The maximum Gasteiger partial charge on any atom is 0.272 e. The van der Waals surface area contributed by atoms with Gasteiger partial charge in [0.05, 0.1) is 22.7 Å². The molecular formula is C12H15ClFN3O4. The first-order valence-corrected chi connectivity index (χ1v) is 6.10. The van der Waals surface area contributed by atoms with Crippen molar-refractivity contribution in [2.75, 3.05) is 19.6 Å². The van der Waals surface area contributed by atoms with Crippen LogP contribution in [-0.2, 0) is 0 Å². The van der Waals surface area contributed by atoms with Gasteiger partial charge in [0.15, 0.2) is 0 Å². The van der Waals surface area contributed by atoms with Crippen molar-refractivity contribution in [3.63, 3.8) is 0 Å². The van der Waals surface area contributed by atoms with E-state index in [9.17, 15) is 24.4 Å². The standard InChI is InChI=1S/C12H14FN3O4.ClH/c13-10-3-8(16(19)20)1-2-9(10)12(18)15-5-7-4-14-6-11(7)17;/h1-3,7,11,14,17H,4-6H2,(H,15,18);1H. The topological polar surface area (TPSA) is 104 Å². The van der Waals surface area contributed by atoms with Crippen LogP contribution in [0.25, 0.3) is 0 Å². The van der Waals surface area contributed by atoms with Crippen LogP contribution in [-0.4, -0.2) is 41.7 Å². The Labute approximate surface area is 126 Å². The molecule has 1 aliphatic rings. The van der Waals surface area contributed by atoms with Gasteiger partial charge in [0.2, 0.25) is 0 Å². The van der Waals surface area contributed by atoms with Crippen LogP contribution in [0.4, 0.5) is 10.1 Å². The van der Waals surface area contributed by atoms with Gasteiger partial charge in [-0.2, -0.15) is 0 Å². The molecule has 2 rings (SSSR count). The summed E-state index contributed by atoms with van der Waals surface area (Å²) < 4.78 is 13.6. The van der Waals surface area contributed by atoms with Crippen LogP contribution >= 0.6 is 12.4 Å². The number of carbonyl (C=O) groups excluding carboxylic acids is 1. The number of carbonyl (C=O) groups is 1. The van der Waals surface area contributed by atoms with Crippen molar-refractivity contribution in [3.8, 4) is 0 Å². The lowest BCUT2D eigenvalue weighted by molar-refractivity contribution is -0.385. The fraction of sp³-hybridized carbons (Fsp3) is 0.417. The highest BCUT2D eigenvalue weighted by Crippen LogP contribution is 2.16. The number of rotatable bonds is 4. The first-order valence-electron chi connectivity index (χ1n) is 6.10. The maximum atomic E-state index is 13.6. The molecule has 0 spiro atoms. The Morgan fingerprint density at radius 1 is 1.52 bits per heavy atom. The molecule has 1 aromatic carbocycles. The van der Waals surface area contributed by atoms with Gasteiger partial charge in [-0.25, -0.2) is 4.39 Å². The molecule has 9 heteroatoms. The second-order valence-corrected chi connectivity index (χ2v) is 4.62. The van der Waals surface area contributed by atoms with Crippen LogP contribution in [0.5, 0.6) is 0 Å². The van der Waals surface area contributed by atoms with Crippen LogP contribution in [0, 0.1) is 21.8 Å². The summed E-state index contributed by atoms with van der Waals surface area (Å²) in [6, 6.07) is 2.86. The molecule has 7 nitrogen and oxygen atoms in total. The molecule has 1 aromatic rings. The molecule has 1 aliphatic heterocycles. The normalized spacial score (nSPS) is 20.7. The molecule has 0 bridgehead atoms. The lowest BCUT2D eigenvalue weighted by atomic mass is 10.1. The van der Waals surface area contributed by atoms with Gasteiger partial charge >= 0.3 is 0 Å². The van der Waals surface area contributed by atoms with Gasteiger partial charge in [0, 0.05) is 31.6 Å². The van der Waals surface area contributed by atoms with E-state index >= 15 is 0 Å². The lowest BCUT2D eigenvalue weighted by Gasteiger charge is -2.14. The summed E-state index contributed by atoms with van der Waals surface area (Å²) in [7, 11) is 0. The highest BCUT2D eigenvalue weighted by Gasteiger charge is 2.25. The minimum atomic E-state index is -0.943. The largest absolute Gasteiger partial charge is 0.391 e.